The molecular weight excluding hydrogens is 364 g/mol. The average Bonchev–Trinajstić information content (AvgIpc) is 2.65. The summed E-state index contributed by atoms with van der Waals surface area (Å²) in [5, 5.41) is 19.3. The Morgan fingerprint density at radius 3 is 2.68 bits per heavy atom. The maximum absolute atomic E-state index is 13.2. The molecule has 1 aliphatic heterocycles. The van der Waals surface area contributed by atoms with Gasteiger partial charge in [-0.15, -0.1) is 0 Å². The summed E-state index contributed by atoms with van der Waals surface area (Å²) in [4.78, 5) is 27.6. The minimum atomic E-state index is -0.968. The number of nitrogens with zero attached hydrogens (tertiary/aromatic N) is 2. The molecule has 1 fully saturated rings. The predicted octanol–water partition coefficient (Wildman–Crippen LogP) is 2.80. The van der Waals surface area contributed by atoms with E-state index >= 15 is 0 Å². The summed E-state index contributed by atoms with van der Waals surface area (Å²) in [6.45, 7) is 5.56. The van der Waals surface area contributed by atoms with Crippen molar-refractivity contribution < 1.29 is 29.3 Å². The van der Waals surface area contributed by atoms with Gasteiger partial charge in [0, 0.05) is 50.9 Å². The van der Waals surface area contributed by atoms with E-state index in [0.29, 0.717) is 50.5 Å². The number of ether oxygens (including phenoxy) is 2. The minimum Gasteiger partial charge on any atom is -0.508 e. The molecule has 2 amide bonds. The van der Waals surface area contributed by atoms with Crippen molar-refractivity contribution in [3.05, 3.63) is 23.8 Å². The molecule has 2 rings (SSSR count). The summed E-state index contributed by atoms with van der Waals surface area (Å²) in [6.07, 6.45) is 1.18. The number of benzene rings is 1. The van der Waals surface area contributed by atoms with Crippen molar-refractivity contribution in [2.24, 2.45) is 0 Å². The quantitative estimate of drug-likeness (QED) is 0.658. The topological polar surface area (TPSA) is 99.5 Å². The Kier molecular flexibility index (Phi) is 7.92. The third kappa shape index (κ3) is 5.76. The van der Waals surface area contributed by atoms with E-state index in [4.69, 9.17) is 9.47 Å². The van der Waals surface area contributed by atoms with Crippen molar-refractivity contribution in [1.82, 2.24) is 9.80 Å². The average molecular weight is 394 g/mol. The number of carboxylic acid groups (broad SMARTS) is 1. The minimum absolute atomic E-state index is 0.0490. The van der Waals surface area contributed by atoms with Crippen LogP contribution in [0.15, 0.2) is 18.2 Å². The Hall–Kier alpha value is -2.48. The molecule has 156 valence electrons. The summed E-state index contributed by atoms with van der Waals surface area (Å²) in [6, 6.07) is 4.18. The Balaban J connectivity index is 2.18. The SMILES string of the molecule is COCCCOc1cc(O)cc(C(=O)N(C(C)C)[C@@H]2CCCN(C(=O)O)C2)c1. The molecule has 0 aromatic heterocycles. The number of aromatic hydroxyl groups is 1. The molecule has 1 atom stereocenters. The van der Waals surface area contributed by atoms with E-state index < -0.39 is 6.09 Å². The Bertz CT molecular complexity index is 679. The Morgan fingerprint density at radius 1 is 1.29 bits per heavy atom. The monoisotopic (exact) mass is 394 g/mol. The van der Waals surface area contributed by atoms with Gasteiger partial charge in [-0.25, -0.2) is 4.79 Å². The standard InChI is InChI=1S/C20H30N2O6/c1-14(2)22(16-6-4-7-21(13-16)20(25)26)19(24)15-10-17(23)12-18(11-15)28-9-5-8-27-3/h10-12,14,16,23H,4-9,13H2,1-3H3,(H,25,26)/t16-/m1/s1. The Morgan fingerprint density at radius 2 is 2.04 bits per heavy atom. The van der Waals surface area contributed by atoms with Gasteiger partial charge in [-0.2, -0.15) is 0 Å². The lowest BCUT2D eigenvalue weighted by molar-refractivity contribution is 0.0449. The third-order valence-electron chi connectivity index (χ3n) is 4.75. The first-order valence-corrected chi connectivity index (χ1v) is 9.59. The van der Waals surface area contributed by atoms with E-state index in [1.807, 2.05) is 13.8 Å². The second-order valence-electron chi connectivity index (χ2n) is 7.24. The second kappa shape index (κ2) is 10.2. The lowest BCUT2D eigenvalue weighted by atomic mass is 10.0. The molecular formula is C20H30N2O6. The van der Waals surface area contributed by atoms with E-state index in [1.54, 1.807) is 18.1 Å². The van der Waals surface area contributed by atoms with Crippen LogP contribution in [0.2, 0.25) is 0 Å². The van der Waals surface area contributed by atoms with Crippen LogP contribution in [0.3, 0.4) is 0 Å². The van der Waals surface area contributed by atoms with E-state index in [2.05, 4.69) is 0 Å². The van der Waals surface area contributed by atoms with Gasteiger partial charge in [-0.1, -0.05) is 0 Å². The normalized spacial score (nSPS) is 16.9. The summed E-state index contributed by atoms with van der Waals surface area (Å²) in [7, 11) is 1.61. The van der Waals surface area contributed by atoms with E-state index in [0.717, 1.165) is 6.42 Å². The molecule has 28 heavy (non-hydrogen) atoms. The van der Waals surface area contributed by atoms with Gasteiger partial charge in [0.25, 0.3) is 5.91 Å². The number of carbonyl (C=O) groups excluding carboxylic acids is 1. The van der Waals surface area contributed by atoms with Gasteiger partial charge in [-0.05, 0) is 38.8 Å². The first-order chi connectivity index (χ1) is 13.3. The smallest absolute Gasteiger partial charge is 0.407 e. The zero-order valence-electron chi connectivity index (χ0n) is 16.8. The zero-order chi connectivity index (χ0) is 20.7. The maximum atomic E-state index is 13.2. The number of phenolic OH excluding ortho intramolecular Hbond substituents is 1. The summed E-state index contributed by atoms with van der Waals surface area (Å²) >= 11 is 0. The number of carbonyl (C=O) groups is 2. The van der Waals surface area contributed by atoms with Gasteiger partial charge in [0.05, 0.1) is 12.6 Å². The number of methoxy groups -OCH3 is 1. The maximum Gasteiger partial charge on any atom is 0.407 e. The van der Waals surface area contributed by atoms with E-state index in [-0.39, 0.29) is 23.7 Å². The highest BCUT2D eigenvalue weighted by Crippen LogP contribution is 2.26. The molecule has 1 aliphatic rings. The highest BCUT2D eigenvalue weighted by Gasteiger charge is 2.32. The van der Waals surface area contributed by atoms with Crippen molar-refractivity contribution in [2.75, 3.05) is 33.4 Å². The summed E-state index contributed by atoms with van der Waals surface area (Å²) in [5.74, 6) is 0.121. The van der Waals surface area contributed by atoms with Crippen LogP contribution < -0.4 is 4.74 Å². The van der Waals surface area contributed by atoms with Crippen LogP contribution in [0, 0.1) is 0 Å². The fourth-order valence-electron chi connectivity index (χ4n) is 3.51. The number of piperidine rings is 1. The van der Waals surface area contributed by atoms with Crippen molar-refractivity contribution in [3.8, 4) is 11.5 Å². The molecule has 0 unspecified atom stereocenters. The van der Waals surface area contributed by atoms with E-state index in [9.17, 15) is 19.8 Å². The third-order valence-corrected chi connectivity index (χ3v) is 4.75. The largest absolute Gasteiger partial charge is 0.508 e. The van der Waals surface area contributed by atoms with Crippen molar-refractivity contribution in [3.63, 3.8) is 0 Å². The van der Waals surface area contributed by atoms with Gasteiger partial charge in [-0.3, -0.25) is 4.79 Å². The molecule has 0 aliphatic carbocycles. The Labute approximate surface area is 165 Å². The second-order valence-corrected chi connectivity index (χ2v) is 7.24. The van der Waals surface area contributed by atoms with E-state index in [1.165, 1.54) is 17.0 Å². The highest BCUT2D eigenvalue weighted by molar-refractivity contribution is 5.95. The molecule has 2 N–H and O–H groups in total. The molecule has 1 heterocycles. The van der Waals surface area contributed by atoms with Gasteiger partial charge < -0.3 is 29.5 Å². The number of hydrogen-bond donors (Lipinski definition) is 2. The predicted molar refractivity (Wildman–Crippen MR) is 104 cm³/mol. The van der Waals surface area contributed by atoms with Gasteiger partial charge in [0.1, 0.15) is 11.5 Å². The van der Waals surface area contributed by atoms with Gasteiger partial charge >= 0.3 is 6.09 Å². The molecule has 1 saturated heterocycles. The molecule has 1 aromatic rings. The first kappa shape index (κ1) is 21.8. The molecule has 8 heteroatoms. The van der Waals surface area contributed by atoms with Crippen LogP contribution in [-0.4, -0.2) is 77.5 Å². The molecule has 1 aromatic carbocycles. The zero-order valence-corrected chi connectivity index (χ0v) is 16.8. The number of amides is 2. The fourth-order valence-corrected chi connectivity index (χ4v) is 3.51. The lowest BCUT2D eigenvalue weighted by Gasteiger charge is -2.40. The molecule has 0 saturated carbocycles. The van der Waals surface area contributed by atoms with Crippen LogP contribution in [0.5, 0.6) is 11.5 Å². The van der Waals surface area contributed by atoms with Crippen LogP contribution in [-0.2, 0) is 4.74 Å². The van der Waals surface area contributed by atoms with Crippen LogP contribution in [0.1, 0.15) is 43.5 Å². The summed E-state index contributed by atoms with van der Waals surface area (Å²) in [5.41, 5.74) is 0.322. The number of rotatable bonds is 8. The molecule has 8 nitrogen and oxygen atoms in total. The van der Waals surface area contributed by atoms with Crippen molar-refractivity contribution in [1.29, 1.82) is 0 Å². The fraction of sp³-hybridized carbons (Fsp3) is 0.600. The number of phenols is 1. The van der Waals surface area contributed by atoms with Crippen molar-refractivity contribution in [2.45, 2.75) is 45.2 Å². The van der Waals surface area contributed by atoms with Crippen LogP contribution in [0.25, 0.3) is 0 Å². The van der Waals surface area contributed by atoms with Gasteiger partial charge in [0.2, 0.25) is 0 Å². The highest BCUT2D eigenvalue weighted by atomic mass is 16.5. The van der Waals surface area contributed by atoms with Gasteiger partial charge in [0.15, 0.2) is 0 Å². The van der Waals surface area contributed by atoms with Crippen LogP contribution >= 0.6 is 0 Å². The van der Waals surface area contributed by atoms with Crippen molar-refractivity contribution >= 4 is 12.0 Å². The number of hydrogen-bond acceptors (Lipinski definition) is 5. The summed E-state index contributed by atoms with van der Waals surface area (Å²) < 4.78 is 10.6. The first-order valence-electron chi connectivity index (χ1n) is 9.59. The molecule has 0 radical (unpaired) electrons. The molecule has 0 bridgehead atoms. The number of likely N-dealkylation sites (tertiary alicyclic amines) is 1. The lowest BCUT2D eigenvalue weighted by Crippen LogP contribution is -2.53. The molecule has 0 spiro atoms. The van der Waals surface area contributed by atoms with Crippen LogP contribution in [0.4, 0.5) is 4.79 Å².